The number of carbonyl (C=O) groups excluding carboxylic acids is 2. The zero-order chi connectivity index (χ0) is 11.7. The van der Waals surface area contributed by atoms with E-state index in [-0.39, 0.29) is 5.78 Å². The summed E-state index contributed by atoms with van der Waals surface area (Å²) < 4.78 is 0. The molecule has 84 valence electrons. The number of halogens is 2. The first-order valence-corrected chi connectivity index (χ1v) is 5.65. The van der Waals surface area contributed by atoms with Crippen molar-refractivity contribution >= 4 is 40.6 Å². The third-order valence-corrected chi connectivity index (χ3v) is 3.30. The van der Waals surface area contributed by atoms with Crippen molar-refractivity contribution in [1.82, 2.24) is 0 Å². The summed E-state index contributed by atoms with van der Waals surface area (Å²) in [4.78, 5) is 24.4. The number of hydrogen-bond acceptors (Lipinski definition) is 2. The van der Waals surface area contributed by atoms with Gasteiger partial charge in [0.25, 0.3) is 5.91 Å². The number of hydrogen-bond donors (Lipinski definition) is 0. The second-order valence-electron chi connectivity index (χ2n) is 3.56. The Bertz CT molecular complexity index is 459. The molecule has 0 radical (unpaired) electrons. The lowest BCUT2D eigenvalue weighted by molar-refractivity contribution is -0.137. The van der Waals surface area contributed by atoms with Crippen LogP contribution in [-0.2, 0) is 9.59 Å². The maximum atomic E-state index is 11.7. The molecular weight excluding hydrogens is 249 g/mol. The van der Waals surface area contributed by atoms with Crippen LogP contribution in [0.2, 0.25) is 10.0 Å². The SMILES string of the molecule is O=C1CCCN(c2cccc(Cl)c2Cl)C1=O. The maximum Gasteiger partial charge on any atom is 0.294 e. The molecule has 3 nitrogen and oxygen atoms in total. The summed E-state index contributed by atoms with van der Waals surface area (Å²) in [6, 6.07) is 5.03. The Balaban J connectivity index is 2.40. The first-order valence-electron chi connectivity index (χ1n) is 4.90. The molecule has 0 spiro atoms. The molecule has 0 N–H and O–H groups in total. The van der Waals surface area contributed by atoms with E-state index in [1.165, 1.54) is 4.90 Å². The van der Waals surface area contributed by atoms with Crippen LogP contribution in [0.15, 0.2) is 18.2 Å². The van der Waals surface area contributed by atoms with Gasteiger partial charge in [-0.3, -0.25) is 9.59 Å². The Labute approximate surface area is 103 Å². The minimum atomic E-state index is -0.504. The summed E-state index contributed by atoms with van der Waals surface area (Å²) in [5.74, 6) is -0.877. The maximum absolute atomic E-state index is 11.7. The van der Waals surface area contributed by atoms with Crippen LogP contribution in [0.5, 0.6) is 0 Å². The Morgan fingerprint density at radius 1 is 1.19 bits per heavy atom. The normalized spacial score (nSPS) is 16.8. The quantitative estimate of drug-likeness (QED) is 0.726. The second-order valence-corrected chi connectivity index (χ2v) is 4.34. The van der Waals surface area contributed by atoms with Crippen LogP contribution in [0.25, 0.3) is 0 Å². The number of amides is 1. The second kappa shape index (κ2) is 4.44. The highest BCUT2D eigenvalue weighted by Crippen LogP contribution is 2.33. The van der Waals surface area contributed by atoms with Gasteiger partial charge in [0, 0.05) is 13.0 Å². The number of rotatable bonds is 1. The lowest BCUT2D eigenvalue weighted by atomic mass is 10.1. The van der Waals surface area contributed by atoms with E-state index in [1.807, 2.05) is 0 Å². The number of nitrogens with zero attached hydrogens (tertiary/aromatic N) is 1. The van der Waals surface area contributed by atoms with Gasteiger partial charge in [-0.05, 0) is 18.6 Å². The van der Waals surface area contributed by atoms with Gasteiger partial charge in [-0.1, -0.05) is 29.3 Å². The Kier molecular flexibility index (Phi) is 3.17. The van der Waals surface area contributed by atoms with Crippen molar-refractivity contribution in [3.05, 3.63) is 28.2 Å². The van der Waals surface area contributed by atoms with Gasteiger partial charge in [-0.15, -0.1) is 0 Å². The first-order chi connectivity index (χ1) is 7.61. The molecule has 5 heteroatoms. The number of ketones is 1. The van der Waals surface area contributed by atoms with Crippen LogP contribution in [0.1, 0.15) is 12.8 Å². The topological polar surface area (TPSA) is 37.4 Å². The van der Waals surface area contributed by atoms with E-state index >= 15 is 0 Å². The Morgan fingerprint density at radius 2 is 1.94 bits per heavy atom. The average Bonchev–Trinajstić information content (AvgIpc) is 2.27. The number of anilines is 1. The predicted octanol–water partition coefficient (Wildman–Crippen LogP) is 2.69. The van der Waals surface area contributed by atoms with Crippen molar-refractivity contribution in [2.45, 2.75) is 12.8 Å². The molecule has 0 aliphatic carbocycles. The average molecular weight is 258 g/mol. The highest BCUT2D eigenvalue weighted by molar-refractivity contribution is 6.46. The van der Waals surface area contributed by atoms with Crippen molar-refractivity contribution in [2.24, 2.45) is 0 Å². The highest BCUT2D eigenvalue weighted by atomic mass is 35.5. The summed E-state index contributed by atoms with van der Waals surface area (Å²) in [5.41, 5.74) is 0.507. The molecule has 1 aromatic rings. The van der Waals surface area contributed by atoms with Gasteiger partial charge in [-0.2, -0.15) is 0 Å². The zero-order valence-corrected chi connectivity index (χ0v) is 9.88. The number of benzene rings is 1. The van der Waals surface area contributed by atoms with E-state index in [1.54, 1.807) is 18.2 Å². The zero-order valence-electron chi connectivity index (χ0n) is 8.37. The molecule has 1 fully saturated rings. The minimum Gasteiger partial charge on any atom is -0.304 e. The van der Waals surface area contributed by atoms with Crippen molar-refractivity contribution < 1.29 is 9.59 Å². The van der Waals surface area contributed by atoms with E-state index in [9.17, 15) is 9.59 Å². The molecule has 1 aliphatic rings. The van der Waals surface area contributed by atoms with E-state index in [4.69, 9.17) is 23.2 Å². The minimum absolute atomic E-state index is 0.312. The summed E-state index contributed by atoms with van der Waals surface area (Å²) in [6.45, 7) is 0.505. The van der Waals surface area contributed by atoms with Crippen molar-refractivity contribution in [1.29, 1.82) is 0 Å². The summed E-state index contributed by atoms with van der Waals surface area (Å²) in [5, 5.41) is 0.692. The van der Waals surface area contributed by atoms with Crippen LogP contribution >= 0.6 is 23.2 Å². The lowest BCUT2D eigenvalue weighted by Gasteiger charge is -2.26. The number of Topliss-reactive ketones (excluding diaryl/α,β-unsaturated/α-hetero) is 1. The fraction of sp³-hybridized carbons (Fsp3) is 0.273. The molecule has 2 rings (SSSR count). The molecule has 1 aromatic carbocycles. The smallest absolute Gasteiger partial charge is 0.294 e. The van der Waals surface area contributed by atoms with Crippen molar-refractivity contribution in [3.8, 4) is 0 Å². The van der Waals surface area contributed by atoms with E-state index in [0.29, 0.717) is 35.1 Å². The predicted molar refractivity (Wildman–Crippen MR) is 63.1 cm³/mol. The van der Waals surface area contributed by atoms with Gasteiger partial charge >= 0.3 is 0 Å². The first kappa shape index (κ1) is 11.4. The van der Waals surface area contributed by atoms with Gasteiger partial charge in [-0.25, -0.2) is 0 Å². The van der Waals surface area contributed by atoms with Gasteiger partial charge in [0.1, 0.15) is 0 Å². The molecule has 1 saturated heterocycles. The molecule has 0 unspecified atom stereocenters. The molecule has 1 amide bonds. The summed E-state index contributed by atoms with van der Waals surface area (Å²) >= 11 is 11.9. The largest absolute Gasteiger partial charge is 0.304 e. The van der Waals surface area contributed by atoms with Crippen molar-refractivity contribution in [2.75, 3.05) is 11.4 Å². The third-order valence-electron chi connectivity index (χ3n) is 2.49. The Morgan fingerprint density at radius 3 is 2.69 bits per heavy atom. The van der Waals surface area contributed by atoms with E-state index in [2.05, 4.69) is 0 Å². The van der Waals surface area contributed by atoms with Gasteiger partial charge < -0.3 is 4.90 Å². The molecule has 1 heterocycles. The van der Waals surface area contributed by atoms with Crippen LogP contribution in [0.4, 0.5) is 5.69 Å². The molecule has 0 bridgehead atoms. The van der Waals surface area contributed by atoms with E-state index < -0.39 is 5.91 Å². The van der Waals surface area contributed by atoms with Gasteiger partial charge in [0.2, 0.25) is 5.78 Å². The fourth-order valence-electron chi connectivity index (χ4n) is 1.69. The lowest BCUT2D eigenvalue weighted by Crippen LogP contribution is -2.41. The summed E-state index contributed by atoms with van der Waals surface area (Å²) in [7, 11) is 0. The molecule has 0 saturated carbocycles. The summed E-state index contributed by atoms with van der Waals surface area (Å²) in [6.07, 6.45) is 0.973. The van der Waals surface area contributed by atoms with Crippen LogP contribution in [0.3, 0.4) is 0 Å². The monoisotopic (exact) mass is 257 g/mol. The molecule has 0 atom stereocenters. The van der Waals surface area contributed by atoms with Gasteiger partial charge in [0.15, 0.2) is 0 Å². The number of carbonyl (C=O) groups is 2. The highest BCUT2D eigenvalue weighted by Gasteiger charge is 2.28. The van der Waals surface area contributed by atoms with Crippen LogP contribution < -0.4 is 4.90 Å². The Hall–Kier alpha value is -1.06. The fourth-order valence-corrected chi connectivity index (χ4v) is 2.09. The van der Waals surface area contributed by atoms with E-state index in [0.717, 1.165) is 0 Å². The molecule has 16 heavy (non-hydrogen) atoms. The molecule has 0 aromatic heterocycles. The van der Waals surface area contributed by atoms with Crippen LogP contribution in [-0.4, -0.2) is 18.2 Å². The van der Waals surface area contributed by atoms with Gasteiger partial charge in [0.05, 0.1) is 15.7 Å². The number of piperidine rings is 1. The third kappa shape index (κ3) is 1.93. The standard InChI is InChI=1S/C11H9Cl2NO2/c12-7-3-1-4-8(10(7)13)14-6-2-5-9(15)11(14)16/h1,3-4H,2,5-6H2. The van der Waals surface area contributed by atoms with Crippen molar-refractivity contribution in [3.63, 3.8) is 0 Å². The van der Waals surface area contributed by atoms with Crippen LogP contribution in [0, 0.1) is 0 Å². The molecular formula is C11H9Cl2NO2. The molecule has 1 aliphatic heterocycles.